The van der Waals surface area contributed by atoms with E-state index >= 15 is 0 Å². The summed E-state index contributed by atoms with van der Waals surface area (Å²) in [6, 6.07) is 0.648. The summed E-state index contributed by atoms with van der Waals surface area (Å²) in [6.45, 7) is 13.4. The Kier molecular flexibility index (Phi) is 7.83. The van der Waals surface area contributed by atoms with E-state index in [9.17, 15) is 4.79 Å². The van der Waals surface area contributed by atoms with Crippen molar-refractivity contribution >= 4 is 5.91 Å². The normalized spacial score (nSPS) is 11.3. The topological polar surface area (TPSA) is 35.6 Å². The summed E-state index contributed by atoms with van der Waals surface area (Å²) < 4.78 is 0. The second kappa shape index (κ2) is 8.25. The molecule has 0 saturated carbocycles. The van der Waals surface area contributed by atoms with Gasteiger partial charge in [0.25, 0.3) is 0 Å². The third-order valence-corrected chi connectivity index (χ3v) is 2.57. The van der Waals surface area contributed by atoms with Gasteiger partial charge in [-0.15, -0.1) is 6.58 Å². The minimum Gasteiger partial charge on any atom is -0.313 e. The first-order chi connectivity index (χ1) is 7.91. The molecular formula is C13H27N3O. The van der Waals surface area contributed by atoms with Crippen LogP contribution in [-0.2, 0) is 4.79 Å². The lowest BCUT2D eigenvalue weighted by molar-refractivity contribution is -0.152. The van der Waals surface area contributed by atoms with Gasteiger partial charge in [-0.05, 0) is 27.7 Å². The van der Waals surface area contributed by atoms with E-state index in [1.54, 1.807) is 11.1 Å². The van der Waals surface area contributed by atoms with Crippen molar-refractivity contribution in [1.82, 2.24) is 15.3 Å². The fourth-order valence-electron chi connectivity index (χ4n) is 1.98. The molecule has 4 nitrogen and oxygen atoms in total. The summed E-state index contributed by atoms with van der Waals surface area (Å²) in [7, 11) is 1.84. The minimum absolute atomic E-state index is 0.143. The van der Waals surface area contributed by atoms with Crippen molar-refractivity contribution in [2.24, 2.45) is 0 Å². The Morgan fingerprint density at radius 3 is 2.24 bits per heavy atom. The van der Waals surface area contributed by atoms with Gasteiger partial charge in [0, 0.05) is 38.6 Å². The highest BCUT2D eigenvalue weighted by Gasteiger charge is 2.21. The molecule has 0 aromatic carbocycles. The van der Waals surface area contributed by atoms with Gasteiger partial charge in [0.05, 0.1) is 0 Å². The molecule has 0 aromatic rings. The van der Waals surface area contributed by atoms with Gasteiger partial charge in [0.15, 0.2) is 0 Å². The van der Waals surface area contributed by atoms with Crippen molar-refractivity contribution in [2.45, 2.75) is 46.2 Å². The second-order valence-corrected chi connectivity index (χ2v) is 4.73. The van der Waals surface area contributed by atoms with Crippen molar-refractivity contribution in [3.05, 3.63) is 12.7 Å². The van der Waals surface area contributed by atoms with Crippen molar-refractivity contribution in [2.75, 3.05) is 20.1 Å². The molecule has 0 radical (unpaired) electrons. The maximum Gasteiger partial charge on any atom is 0.237 e. The highest BCUT2D eigenvalue weighted by Crippen LogP contribution is 2.09. The van der Waals surface area contributed by atoms with Crippen LogP contribution in [0.3, 0.4) is 0 Å². The number of nitrogens with one attached hydrogen (secondary N) is 1. The van der Waals surface area contributed by atoms with Crippen LogP contribution in [0, 0.1) is 0 Å². The smallest absolute Gasteiger partial charge is 0.237 e. The lowest BCUT2D eigenvalue weighted by atomic mass is 10.3. The molecule has 0 heterocycles. The predicted octanol–water partition coefficient (Wildman–Crippen LogP) is 1.64. The Morgan fingerprint density at radius 1 is 1.29 bits per heavy atom. The maximum absolute atomic E-state index is 12.0. The number of carbonyl (C=O) groups is 1. The van der Waals surface area contributed by atoms with Crippen LogP contribution < -0.4 is 5.32 Å². The van der Waals surface area contributed by atoms with E-state index < -0.39 is 0 Å². The molecule has 0 saturated heterocycles. The van der Waals surface area contributed by atoms with E-state index in [2.05, 4.69) is 44.6 Å². The molecule has 0 unspecified atom stereocenters. The number of rotatable bonds is 8. The van der Waals surface area contributed by atoms with Gasteiger partial charge in [-0.2, -0.15) is 0 Å². The number of amides is 1. The molecule has 1 amide bonds. The molecule has 17 heavy (non-hydrogen) atoms. The summed E-state index contributed by atoms with van der Waals surface area (Å²) in [4.78, 5) is 12.0. The standard InChI is InChI=1S/C13H27N3O/c1-7-9-14-10-8-13(17)15(6)16(11(2)3)12(4)5/h7,11-12,14H,1,8-10H2,2-6H3. The molecule has 1 N–H and O–H groups in total. The summed E-state index contributed by atoms with van der Waals surface area (Å²) in [5.41, 5.74) is 0. The van der Waals surface area contributed by atoms with Gasteiger partial charge in [-0.25, -0.2) is 5.01 Å². The van der Waals surface area contributed by atoms with Crippen LogP contribution in [0.25, 0.3) is 0 Å². The Bertz CT molecular complexity index is 231. The number of hydrogen-bond acceptors (Lipinski definition) is 3. The van der Waals surface area contributed by atoms with Crippen molar-refractivity contribution in [3.63, 3.8) is 0 Å². The summed E-state index contributed by atoms with van der Waals surface area (Å²) >= 11 is 0. The lowest BCUT2D eigenvalue weighted by Crippen LogP contribution is -2.51. The SMILES string of the molecule is C=CCNCCC(=O)N(C)N(C(C)C)C(C)C. The summed E-state index contributed by atoms with van der Waals surface area (Å²) in [5.74, 6) is 0.143. The van der Waals surface area contributed by atoms with Crippen LogP contribution in [0.2, 0.25) is 0 Å². The van der Waals surface area contributed by atoms with Crippen LogP contribution in [0.1, 0.15) is 34.1 Å². The van der Waals surface area contributed by atoms with Crippen molar-refractivity contribution < 1.29 is 4.79 Å². The zero-order chi connectivity index (χ0) is 13.4. The highest BCUT2D eigenvalue weighted by molar-refractivity contribution is 5.75. The minimum atomic E-state index is 0.143. The molecule has 0 fully saturated rings. The maximum atomic E-state index is 12.0. The summed E-state index contributed by atoms with van der Waals surface area (Å²) in [5, 5.41) is 6.97. The zero-order valence-electron chi connectivity index (χ0n) is 11.9. The van der Waals surface area contributed by atoms with E-state index in [1.807, 2.05) is 7.05 Å². The molecule has 0 bridgehead atoms. The monoisotopic (exact) mass is 241 g/mol. The van der Waals surface area contributed by atoms with Crippen molar-refractivity contribution in [1.29, 1.82) is 0 Å². The molecule has 0 aliphatic rings. The molecule has 0 atom stereocenters. The van der Waals surface area contributed by atoms with E-state index in [1.165, 1.54) is 0 Å². The molecule has 100 valence electrons. The molecule has 0 aromatic heterocycles. The lowest BCUT2D eigenvalue weighted by Gasteiger charge is -2.38. The van der Waals surface area contributed by atoms with E-state index in [4.69, 9.17) is 0 Å². The molecule has 0 aliphatic carbocycles. The Labute approximate surface area is 106 Å². The first-order valence-corrected chi connectivity index (χ1v) is 6.28. The fourth-order valence-corrected chi connectivity index (χ4v) is 1.98. The second-order valence-electron chi connectivity index (χ2n) is 4.73. The van der Waals surface area contributed by atoms with Crippen LogP contribution in [0.5, 0.6) is 0 Å². The first kappa shape index (κ1) is 16.1. The Balaban J connectivity index is 4.21. The van der Waals surface area contributed by atoms with Gasteiger partial charge in [-0.1, -0.05) is 6.08 Å². The van der Waals surface area contributed by atoms with Crippen LogP contribution in [0.15, 0.2) is 12.7 Å². The van der Waals surface area contributed by atoms with Crippen molar-refractivity contribution in [3.8, 4) is 0 Å². The van der Waals surface area contributed by atoms with Crippen LogP contribution in [0.4, 0.5) is 0 Å². The molecule has 0 rings (SSSR count). The average molecular weight is 241 g/mol. The number of hydrazine groups is 1. The molecule has 4 heteroatoms. The quantitative estimate of drug-likeness (QED) is 0.399. The van der Waals surface area contributed by atoms with Crippen LogP contribution >= 0.6 is 0 Å². The predicted molar refractivity (Wildman–Crippen MR) is 72.6 cm³/mol. The molecule has 0 spiro atoms. The number of nitrogens with zero attached hydrogens (tertiary/aromatic N) is 2. The molecular weight excluding hydrogens is 214 g/mol. The highest BCUT2D eigenvalue weighted by atomic mass is 16.2. The van der Waals surface area contributed by atoms with Gasteiger partial charge in [0.1, 0.15) is 0 Å². The third-order valence-electron chi connectivity index (χ3n) is 2.57. The Hall–Kier alpha value is -0.870. The average Bonchev–Trinajstić information content (AvgIpc) is 2.22. The van der Waals surface area contributed by atoms with E-state index in [0.717, 1.165) is 6.54 Å². The summed E-state index contributed by atoms with van der Waals surface area (Å²) in [6.07, 6.45) is 2.31. The molecule has 0 aliphatic heterocycles. The zero-order valence-corrected chi connectivity index (χ0v) is 11.9. The van der Waals surface area contributed by atoms with Crippen LogP contribution in [-0.4, -0.2) is 48.1 Å². The van der Waals surface area contributed by atoms with E-state index in [-0.39, 0.29) is 5.91 Å². The number of carbonyl (C=O) groups excluding carboxylic acids is 1. The Morgan fingerprint density at radius 2 is 1.82 bits per heavy atom. The largest absolute Gasteiger partial charge is 0.313 e. The van der Waals surface area contributed by atoms with Gasteiger partial charge < -0.3 is 5.32 Å². The van der Waals surface area contributed by atoms with Gasteiger partial charge in [0.2, 0.25) is 5.91 Å². The fraction of sp³-hybridized carbons (Fsp3) is 0.769. The first-order valence-electron chi connectivity index (χ1n) is 6.28. The number of hydrogen-bond donors (Lipinski definition) is 1. The van der Waals surface area contributed by atoms with Gasteiger partial charge in [-0.3, -0.25) is 9.80 Å². The third kappa shape index (κ3) is 5.84. The van der Waals surface area contributed by atoms with E-state index in [0.29, 0.717) is 25.0 Å². The van der Waals surface area contributed by atoms with Gasteiger partial charge >= 0.3 is 0 Å².